The first-order valence-corrected chi connectivity index (χ1v) is 6.70. The van der Waals surface area contributed by atoms with E-state index in [0.29, 0.717) is 18.8 Å². The van der Waals surface area contributed by atoms with Gasteiger partial charge in [-0.05, 0) is 45.4 Å². The van der Waals surface area contributed by atoms with E-state index < -0.39 is 17.1 Å². The largest absolute Gasteiger partial charge is 0.484 e. The molecule has 1 heterocycles. The predicted octanol–water partition coefficient (Wildman–Crippen LogP) is 1.99. The summed E-state index contributed by atoms with van der Waals surface area (Å²) in [6.07, 6.45) is 0. The Morgan fingerprint density at radius 3 is 2.70 bits per heavy atom. The van der Waals surface area contributed by atoms with Crippen LogP contribution in [-0.4, -0.2) is 28.8 Å². The summed E-state index contributed by atoms with van der Waals surface area (Å²) in [4.78, 5) is 13.4. The first-order valence-electron chi connectivity index (χ1n) is 6.70. The van der Waals surface area contributed by atoms with Crippen molar-refractivity contribution in [1.29, 1.82) is 0 Å². The fourth-order valence-electron chi connectivity index (χ4n) is 2.40. The molecule has 1 aliphatic heterocycles. The van der Waals surface area contributed by atoms with Crippen molar-refractivity contribution in [2.75, 3.05) is 11.4 Å². The third-order valence-electron chi connectivity index (χ3n) is 3.67. The monoisotopic (exact) mass is 278 g/mol. The topological polar surface area (TPSA) is 75.8 Å². The molecule has 0 aliphatic carbocycles. The van der Waals surface area contributed by atoms with E-state index in [1.54, 1.807) is 13.8 Å². The number of aliphatic carboxylic acids is 1. The Kier molecular flexibility index (Phi) is 3.42. The quantitative estimate of drug-likeness (QED) is 0.884. The Labute approximate surface area is 119 Å². The van der Waals surface area contributed by atoms with E-state index in [1.807, 2.05) is 36.9 Å². The van der Waals surface area contributed by atoms with Gasteiger partial charge in [0.15, 0.2) is 0 Å². The van der Waals surface area contributed by atoms with Crippen molar-refractivity contribution in [3.63, 3.8) is 0 Å². The fourth-order valence-corrected chi connectivity index (χ4v) is 2.40. The van der Waals surface area contributed by atoms with Crippen molar-refractivity contribution >= 4 is 11.7 Å². The minimum atomic E-state index is -1.000. The summed E-state index contributed by atoms with van der Waals surface area (Å²) in [5.41, 5.74) is 5.97. The Morgan fingerprint density at radius 1 is 1.50 bits per heavy atom. The van der Waals surface area contributed by atoms with Gasteiger partial charge in [0.05, 0.1) is 12.2 Å². The number of anilines is 1. The van der Waals surface area contributed by atoms with Crippen molar-refractivity contribution in [2.24, 2.45) is 5.73 Å². The Hall–Kier alpha value is -1.75. The lowest BCUT2D eigenvalue weighted by atomic mass is 9.95. The minimum absolute atomic E-state index is 0.430. The smallest absolute Gasteiger partial charge is 0.328 e. The summed E-state index contributed by atoms with van der Waals surface area (Å²) < 4.78 is 5.98. The van der Waals surface area contributed by atoms with E-state index in [0.717, 1.165) is 11.3 Å². The minimum Gasteiger partial charge on any atom is -0.484 e. The molecule has 0 aromatic heterocycles. The fraction of sp³-hybridized carbons (Fsp3) is 0.533. The lowest BCUT2D eigenvalue weighted by Crippen LogP contribution is -2.58. The Bertz CT molecular complexity index is 538. The molecular formula is C15H22N2O3. The molecule has 1 aromatic rings. The number of hydrogen-bond acceptors (Lipinski definition) is 4. The molecule has 0 atom stereocenters. The van der Waals surface area contributed by atoms with Crippen LogP contribution in [0.4, 0.5) is 5.69 Å². The highest BCUT2D eigenvalue weighted by atomic mass is 16.5. The first kappa shape index (κ1) is 14.7. The molecule has 0 amide bonds. The predicted molar refractivity (Wildman–Crippen MR) is 78.1 cm³/mol. The maximum absolute atomic E-state index is 11.6. The molecule has 110 valence electrons. The van der Waals surface area contributed by atoms with Gasteiger partial charge in [0.25, 0.3) is 0 Å². The molecule has 0 saturated carbocycles. The number of ether oxygens (including phenoxy) is 1. The second-order valence-electron chi connectivity index (χ2n) is 6.32. The number of nitrogens with two attached hydrogens (primary N) is 1. The molecule has 3 N–H and O–H groups in total. The molecule has 0 saturated heterocycles. The van der Waals surface area contributed by atoms with Crippen molar-refractivity contribution in [3.05, 3.63) is 23.8 Å². The summed E-state index contributed by atoms with van der Waals surface area (Å²) in [5.74, 6) is -0.164. The standard InChI is InChI=1S/C15H22N2O3/c1-14(2)9-17(15(3,4)13(18)19)11-6-5-10(8-16)7-12(11)20-14/h5-7H,8-9,16H2,1-4H3,(H,18,19). The van der Waals surface area contributed by atoms with E-state index >= 15 is 0 Å². The van der Waals surface area contributed by atoms with E-state index in [9.17, 15) is 9.90 Å². The van der Waals surface area contributed by atoms with E-state index in [1.165, 1.54) is 0 Å². The summed E-state index contributed by atoms with van der Waals surface area (Å²) >= 11 is 0. The average Bonchev–Trinajstić information content (AvgIpc) is 2.35. The maximum atomic E-state index is 11.6. The molecule has 0 radical (unpaired) electrons. The molecule has 0 bridgehead atoms. The highest BCUT2D eigenvalue weighted by molar-refractivity contribution is 5.84. The lowest BCUT2D eigenvalue weighted by Gasteiger charge is -2.46. The van der Waals surface area contributed by atoms with E-state index in [2.05, 4.69) is 0 Å². The first-order chi connectivity index (χ1) is 9.17. The zero-order chi connectivity index (χ0) is 15.1. The number of benzene rings is 1. The number of carboxylic acids is 1. The molecule has 0 unspecified atom stereocenters. The normalized spacial score (nSPS) is 17.4. The Morgan fingerprint density at radius 2 is 2.15 bits per heavy atom. The van der Waals surface area contributed by atoms with Gasteiger partial charge in [-0.2, -0.15) is 0 Å². The van der Waals surface area contributed by atoms with Crippen LogP contribution in [0.15, 0.2) is 18.2 Å². The van der Waals surface area contributed by atoms with Gasteiger partial charge >= 0.3 is 5.97 Å². The summed E-state index contributed by atoms with van der Waals surface area (Å²) in [6, 6.07) is 5.68. The van der Waals surface area contributed by atoms with Crippen LogP contribution in [0, 0.1) is 0 Å². The van der Waals surface area contributed by atoms with Gasteiger partial charge in [0.2, 0.25) is 0 Å². The van der Waals surface area contributed by atoms with Crippen LogP contribution in [0.1, 0.15) is 33.3 Å². The molecule has 5 heteroatoms. The van der Waals surface area contributed by atoms with Crippen LogP contribution >= 0.6 is 0 Å². The van der Waals surface area contributed by atoms with Gasteiger partial charge in [-0.3, -0.25) is 0 Å². The highest BCUT2D eigenvalue weighted by Crippen LogP contribution is 2.41. The molecular weight excluding hydrogens is 256 g/mol. The lowest BCUT2D eigenvalue weighted by molar-refractivity contribution is -0.142. The van der Waals surface area contributed by atoms with Crippen LogP contribution in [-0.2, 0) is 11.3 Å². The van der Waals surface area contributed by atoms with Crippen molar-refractivity contribution in [3.8, 4) is 5.75 Å². The second kappa shape index (κ2) is 4.66. The number of fused-ring (bicyclic) bond motifs is 1. The van der Waals surface area contributed by atoms with E-state index in [4.69, 9.17) is 10.5 Å². The van der Waals surface area contributed by atoms with Crippen LogP contribution in [0.5, 0.6) is 5.75 Å². The van der Waals surface area contributed by atoms with Crippen molar-refractivity contribution in [2.45, 2.75) is 45.4 Å². The van der Waals surface area contributed by atoms with Gasteiger partial charge in [-0.15, -0.1) is 0 Å². The molecule has 2 rings (SSSR count). The average molecular weight is 278 g/mol. The number of carboxylic acid groups (broad SMARTS) is 1. The molecule has 5 nitrogen and oxygen atoms in total. The van der Waals surface area contributed by atoms with Gasteiger partial charge in [0, 0.05) is 6.54 Å². The van der Waals surface area contributed by atoms with Crippen molar-refractivity contribution in [1.82, 2.24) is 0 Å². The zero-order valence-corrected chi connectivity index (χ0v) is 12.4. The summed E-state index contributed by atoms with van der Waals surface area (Å²) in [6.45, 7) is 8.27. The third-order valence-corrected chi connectivity index (χ3v) is 3.67. The number of hydrogen-bond donors (Lipinski definition) is 2. The molecule has 0 spiro atoms. The van der Waals surface area contributed by atoms with Gasteiger partial charge < -0.3 is 20.5 Å². The second-order valence-corrected chi connectivity index (χ2v) is 6.32. The van der Waals surface area contributed by atoms with E-state index in [-0.39, 0.29) is 0 Å². The molecule has 20 heavy (non-hydrogen) atoms. The van der Waals surface area contributed by atoms with Crippen molar-refractivity contribution < 1.29 is 14.6 Å². The summed E-state index contributed by atoms with van der Waals surface area (Å²) in [5, 5.41) is 9.49. The number of rotatable bonds is 3. The molecule has 0 fully saturated rings. The van der Waals surface area contributed by atoms with Gasteiger partial charge in [-0.1, -0.05) is 6.07 Å². The maximum Gasteiger partial charge on any atom is 0.328 e. The Balaban J connectivity index is 2.54. The van der Waals surface area contributed by atoms with Crippen LogP contribution in [0.2, 0.25) is 0 Å². The molecule has 1 aliphatic rings. The zero-order valence-electron chi connectivity index (χ0n) is 12.4. The number of carbonyl (C=O) groups is 1. The summed E-state index contributed by atoms with van der Waals surface area (Å²) in [7, 11) is 0. The van der Waals surface area contributed by atoms with Crippen LogP contribution in [0.25, 0.3) is 0 Å². The third kappa shape index (κ3) is 2.45. The van der Waals surface area contributed by atoms with Gasteiger partial charge in [0.1, 0.15) is 16.9 Å². The van der Waals surface area contributed by atoms with Crippen LogP contribution in [0.3, 0.4) is 0 Å². The highest BCUT2D eigenvalue weighted by Gasteiger charge is 2.42. The SMILES string of the molecule is CC1(C)CN(C(C)(C)C(=O)O)c2ccc(CN)cc2O1. The van der Waals surface area contributed by atoms with Gasteiger partial charge in [-0.25, -0.2) is 4.79 Å². The van der Waals surface area contributed by atoms with Crippen LogP contribution < -0.4 is 15.4 Å². The number of nitrogens with zero attached hydrogens (tertiary/aromatic N) is 1. The molecule has 1 aromatic carbocycles.